The molecule has 1 unspecified atom stereocenters. The van der Waals surface area contributed by atoms with Gasteiger partial charge in [0.25, 0.3) is 11.7 Å². The number of ether oxygens (including phenoxy) is 1. The summed E-state index contributed by atoms with van der Waals surface area (Å²) in [5, 5.41) is 10.7. The van der Waals surface area contributed by atoms with Crippen molar-refractivity contribution >= 4 is 17.4 Å². The average Bonchev–Trinajstić information content (AvgIpc) is 2.86. The molecule has 140 valence electrons. The SMILES string of the molecule is CC(C)Oc1ccc(C2/C(=C(\O)c3ccc(F)cc3)C(=O)C(=O)N2C)cc1. The molecule has 0 aromatic heterocycles. The number of benzene rings is 2. The number of likely N-dealkylation sites (tertiary alicyclic amines) is 1. The molecular formula is C21H20FNO4. The van der Waals surface area contributed by atoms with Crippen LogP contribution in [0.3, 0.4) is 0 Å². The van der Waals surface area contributed by atoms with Crippen molar-refractivity contribution in [3.05, 3.63) is 71.0 Å². The number of amides is 1. The molecule has 0 aliphatic carbocycles. The first kappa shape index (κ1) is 18.6. The van der Waals surface area contributed by atoms with Crippen LogP contribution in [0.25, 0.3) is 5.76 Å². The lowest BCUT2D eigenvalue weighted by Crippen LogP contribution is -2.24. The van der Waals surface area contributed by atoms with E-state index in [-0.39, 0.29) is 23.0 Å². The van der Waals surface area contributed by atoms with Gasteiger partial charge in [0.15, 0.2) is 0 Å². The topological polar surface area (TPSA) is 66.8 Å². The lowest BCUT2D eigenvalue weighted by Gasteiger charge is -2.21. The lowest BCUT2D eigenvalue weighted by molar-refractivity contribution is -0.139. The maximum Gasteiger partial charge on any atom is 0.295 e. The highest BCUT2D eigenvalue weighted by Crippen LogP contribution is 2.38. The molecule has 1 saturated heterocycles. The van der Waals surface area contributed by atoms with Crippen LogP contribution in [0.5, 0.6) is 5.75 Å². The van der Waals surface area contributed by atoms with Gasteiger partial charge in [-0.05, 0) is 55.8 Å². The van der Waals surface area contributed by atoms with Crippen molar-refractivity contribution in [1.29, 1.82) is 0 Å². The monoisotopic (exact) mass is 369 g/mol. The largest absolute Gasteiger partial charge is 0.507 e. The van der Waals surface area contributed by atoms with Gasteiger partial charge < -0.3 is 14.7 Å². The minimum atomic E-state index is -0.771. The molecule has 1 aliphatic rings. The van der Waals surface area contributed by atoms with Gasteiger partial charge in [0.2, 0.25) is 0 Å². The molecule has 2 aromatic rings. The Kier molecular flexibility index (Phi) is 4.99. The van der Waals surface area contributed by atoms with Crippen LogP contribution in [0.1, 0.15) is 31.0 Å². The Labute approximate surface area is 156 Å². The number of aliphatic hydroxyl groups is 1. The highest BCUT2D eigenvalue weighted by atomic mass is 19.1. The number of nitrogens with zero attached hydrogens (tertiary/aromatic N) is 1. The van der Waals surface area contributed by atoms with Crippen LogP contribution < -0.4 is 4.74 Å². The zero-order valence-electron chi connectivity index (χ0n) is 15.3. The molecule has 1 heterocycles. The van der Waals surface area contributed by atoms with Crippen molar-refractivity contribution in [2.75, 3.05) is 7.05 Å². The molecule has 0 saturated carbocycles. The molecule has 1 aliphatic heterocycles. The van der Waals surface area contributed by atoms with E-state index in [4.69, 9.17) is 4.74 Å². The number of hydrogen-bond acceptors (Lipinski definition) is 4. The number of halogens is 1. The quantitative estimate of drug-likeness (QED) is 0.507. The van der Waals surface area contributed by atoms with Gasteiger partial charge >= 0.3 is 0 Å². The second-order valence-corrected chi connectivity index (χ2v) is 6.65. The molecule has 1 atom stereocenters. The minimum absolute atomic E-state index is 0.0196. The van der Waals surface area contributed by atoms with Crippen LogP contribution >= 0.6 is 0 Å². The first-order valence-corrected chi connectivity index (χ1v) is 8.56. The van der Waals surface area contributed by atoms with Gasteiger partial charge in [-0.25, -0.2) is 4.39 Å². The Bertz CT molecular complexity index is 901. The molecule has 1 fully saturated rings. The van der Waals surface area contributed by atoms with E-state index < -0.39 is 23.5 Å². The molecular weight excluding hydrogens is 349 g/mol. The van der Waals surface area contributed by atoms with Crippen LogP contribution in [0.2, 0.25) is 0 Å². The third kappa shape index (κ3) is 3.56. The Morgan fingerprint density at radius 2 is 1.67 bits per heavy atom. The molecule has 3 rings (SSSR count). The Morgan fingerprint density at radius 3 is 2.22 bits per heavy atom. The number of ketones is 1. The molecule has 1 amide bonds. The fraction of sp³-hybridized carbons (Fsp3) is 0.238. The molecule has 0 bridgehead atoms. The van der Waals surface area contributed by atoms with Crippen molar-refractivity contribution in [1.82, 2.24) is 4.90 Å². The van der Waals surface area contributed by atoms with E-state index in [1.165, 1.54) is 36.2 Å². The van der Waals surface area contributed by atoms with Gasteiger partial charge in [0.1, 0.15) is 17.3 Å². The second-order valence-electron chi connectivity index (χ2n) is 6.65. The second kappa shape index (κ2) is 7.23. The highest BCUT2D eigenvalue weighted by Gasteiger charge is 2.44. The van der Waals surface area contributed by atoms with E-state index in [0.717, 1.165) is 0 Å². The fourth-order valence-corrected chi connectivity index (χ4v) is 3.10. The smallest absolute Gasteiger partial charge is 0.295 e. The third-order valence-corrected chi connectivity index (χ3v) is 4.36. The number of Topliss-reactive ketones (excluding diaryl/α,β-unsaturated/α-hetero) is 1. The minimum Gasteiger partial charge on any atom is -0.507 e. The predicted octanol–water partition coefficient (Wildman–Crippen LogP) is 3.66. The van der Waals surface area contributed by atoms with Crippen molar-refractivity contribution in [3.63, 3.8) is 0 Å². The third-order valence-electron chi connectivity index (χ3n) is 4.36. The van der Waals surface area contributed by atoms with Crippen molar-refractivity contribution in [2.45, 2.75) is 26.0 Å². The Balaban J connectivity index is 2.05. The van der Waals surface area contributed by atoms with E-state index in [1.54, 1.807) is 24.3 Å². The summed E-state index contributed by atoms with van der Waals surface area (Å²) in [5.41, 5.74) is 0.913. The number of rotatable bonds is 4. The van der Waals surface area contributed by atoms with Crippen molar-refractivity contribution in [2.24, 2.45) is 0 Å². The average molecular weight is 369 g/mol. The Morgan fingerprint density at radius 1 is 1.07 bits per heavy atom. The standard InChI is InChI=1S/C21H20FNO4/c1-12(2)27-16-10-6-13(7-11-16)18-17(20(25)21(26)23(18)3)19(24)14-4-8-15(22)9-5-14/h4-12,18,24H,1-3H3/b19-17+. The van der Waals surface area contributed by atoms with Crippen molar-refractivity contribution < 1.29 is 23.8 Å². The van der Waals surface area contributed by atoms with Gasteiger partial charge in [0.05, 0.1) is 17.7 Å². The van der Waals surface area contributed by atoms with E-state index in [2.05, 4.69) is 0 Å². The number of hydrogen-bond donors (Lipinski definition) is 1. The van der Waals surface area contributed by atoms with Gasteiger partial charge in [-0.2, -0.15) is 0 Å². The van der Waals surface area contributed by atoms with Crippen molar-refractivity contribution in [3.8, 4) is 5.75 Å². The van der Waals surface area contributed by atoms with E-state index in [0.29, 0.717) is 11.3 Å². The van der Waals surface area contributed by atoms with Gasteiger partial charge in [0, 0.05) is 12.6 Å². The maximum absolute atomic E-state index is 13.2. The van der Waals surface area contributed by atoms with E-state index in [1.807, 2.05) is 13.8 Å². The first-order valence-electron chi connectivity index (χ1n) is 8.56. The van der Waals surface area contributed by atoms with Gasteiger partial charge in [-0.15, -0.1) is 0 Å². The number of aliphatic hydroxyl groups excluding tert-OH is 1. The normalized spacial score (nSPS) is 19.0. The lowest BCUT2D eigenvalue weighted by atomic mass is 9.95. The Hall–Kier alpha value is -3.15. The van der Waals surface area contributed by atoms with E-state index in [9.17, 15) is 19.1 Å². The molecule has 1 N–H and O–H groups in total. The zero-order valence-corrected chi connectivity index (χ0v) is 15.3. The molecule has 27 heavy (non-hydrogen) atoms. The van der Waals surface area contributed by atoms with Crippen LogP contribution in [0.4, 0.5) is 4.39 Å². The molecule has 0 spiro atoms. The maximum atomic E-state index is 13.2. The van der Waals surface area contributed by atoms with Crippen LogP contribution in [0, 0.1) is 5.82 Å². The van der Waals surface area contributed by atoms with Crippen LogP contribution in [-0.4, -0.2) is 34.8 Å². The predicted molar refractivity (Wildman–Crippen MR) is 98.7 cm³/mol. The van der Waals surface area contributed by atoms with Gasteiger partial charge in [-0.1, -0.05) is 12.1 Å². The van der Waals surface area contributed by atoms with Crippen LogP contribution in [0.15, 0.2) is 54.1 Å². The summed E-state index contributed by atoms with van der Waals surface area (Å²) >= 11 is 0. The number of likely N-dealkylation sites (N-methyl/N-ethyl adjacent to an activating group) is 1. The molecule has 0 radical (unpaired) electrons. The zero-order chi connectivity index (χ0) is 19.7. The molecule has 5 nitrogen and oxygen atoms in total. The molecule has 6 heteroatoms. The first-order chi connectivity index (χ1) is 12.8. The fourth-order valence-electron chi connectivity index (χ4n) is 3.10. The summed E-state index contributed by atoms with van der Waals surface area (Å²) in [6, 6.07) is 11.4. The molecule has 2 aromatic carbocycles. The summed E-state index contributed by atoms with van der Waals surface area (Å²) in [7, 11) is 1.51. The number of carbonyl (C=O) groups excluding carboxylic acids is 2. The highest BCUT2D eigenvalue weighted by molar-refractivity contribution is 6.46. The summed E-state index contributed by atoms with van der Waals surface area (Å²) in [5.74, 6) is -1.59. The summed E-state index contributed by atoms with van der Waals surface area (Å²) in [6.45, 7) is 3.83. The van der Waals surface area contributed by atoms with E-state index >= 15 is 0 Å². The number of carbonyl (C=O) groups is 2. The van der Waals surface area contributed by atoms with Gasteiger partial charge in [-0.3, -0.25) is 9.59 Å². The summed E-state index contributed by atoms with van der Waals surface area (Å²) in [6.07, 6.45) is 0.0196. The summed E-state index contributed by atoms with van der Waals surface area (Å²) < 4.78 is 18.8. The van der Waals surface area contributed by atoms with Crippen LogP contribution in [-0.2, 0) is 9.59 Å². The summed E-state index contributed by atoms with van der Waals surface area (Å²) in [4.78, 5) is 26.0.